The lowest BCUT2D eigenvalue weighted by atomic mass is 9.99. The summed E-state index contributed by atoms with van der Waals surface area (Å²) in [6.45, 7) is 2.56. The second-order valence-electron chi connectivity index (χ2n) is 6.44. The SMILES string of the molecule is CC[C@@]1(C)NC(=O)N(CC(=O)OCc2cc(=O)oc3cc(O)ccc23)C1=O. The van der Waals surface area contributed by atoms with Crippen molar-refractivity contribution in [2.45, 2.75) is 32.4 Å². The Bertz CT molecular complexity index is 997. The first kappa shape index (κ1) is 18.4. The lowest BCUT2D eigenvalue weighted by Gasteiger charge is -2.18. The number of phenols is 1. The third-order valence-electron chi connectivity index (χ3n) is 4.54. The molecular weight excluding hydrogens is 356 g/mol. The van der Waals surface area contributed by atoms with Gasteiger partial charge in [0.05, 0.1) is 0 Å². The zero-order valence-corrected chi connectivity index (χ0v) is 14.8. The number of amides is 3. The highest BCUT2D eigenvalue weighted by molar-refractivity contribution is 6.08. The summed E-state index contributed by atoms with van der Waals surface area (Å²) in [6, 6.07) is 4.74. The average molecular weight is 374 g/mol. The fourth-order valence-electron chi connectivity index (χ4n) is 2.80. The second-order valence-corrected chi connectivity index (χ2v) is 6.44. The minimum Gasteiger partial charge on any atom is -0.508 e. The molecule has 3 amide bonds. The predicted octanol–water partition coefficient (Wildman–Crippen LogP) is 1.26. The van der Waals surface area contributed by atoms with Crippen LogP contribution < -0.4 is 10.9 Å². The number of ether oxygens (including phenoxy) is 1. The summed E-state index contributed by atoms with van der Waals surface area (Å²) in [7, 11) is 0. The smallest absolute Gasteiger partial charge is 0.336 e. The fourth-order valence-corrected chi connectivity index (χ4v) is 2.80. The Balaban J connectivity index is 1.72. The van der Waals surface area contributed by atoms with Crippen LogP contribution in [0.5, 0.6) is 5.75 Å². The van der Waals surface area contributed by atoms with Crippen molar-refractivity contribution in [1.29, 1.82) is 0 Å². The van der Waals surface area contributed by atoms with E-state index in [1.54, 1.807) is 13.8 Å². The molecule has 9 nitrogen and oxygen atoms in total. The maximum atomic E-state index is 12.3. The number of rotatable bonds is 5. The van der Waals surface area contributed by atoms with Gasteiger partial charge in [-0.05, 0) is 25.5 Å². The molecule has 1 atom stereocenters. The molecule has 0 bridgehead atoms. The maximum absolute atomic E-state index is 12.3. The Morgan fingerprint density at radius 1 is 1.30 bits per heavy atom. The van der Waals surface area contributed by atoms with E-state index >= 15 is 0 Å². The number of urea groups is 1. The van der Waals surface area contributed by atoms with Crippen molar-refractivity contribution in [3.63, 3.8) is 0 Å². The predicted molar refractivity (Wildman–Crippen MR) is 92.9 cm³/mol. The molecule has 0 radical (unpaired) electrons. The monoisotopic (exact) mass is 374 g/mol. The molecule has 1 saturated heterocycles. The Labute approximate surface area is 153 Å². The van der Waals surface area contributed by atoms with Gasteiger partial charge < -0.3 is 19.6 Å². The van der Waals surface area contributed by atoms with Gasteiger partial charge in [-0.2, -0.15) is 0 Å². The third-order valence-corrected chi connectivity index (χ3v) is 4.54. The van der Waals surface area contributed by atoms with Crippen LogP contribution in [0.3, 0.4) is 0 Å². The number of carbonyl (C=O) groups excluding carboxylic acids is 3. The number of nitrogens with one attached hydrogen (secondary N) is 1. The molecule has 2 aromatic rings. The maximum Gasteiger partial charge on any atom is 0.336 e. The van der Waals surface area contributed by atoms with E-state index in [-0.39, 0.29) is 17.9 Å². The van der Waals surface area contributed by atoms with Crippen LogP contribution >= 0.6 is 0 Å². The van der Waals surface area contributed by atoms with Crippen molar-refractivity contribution in [1.82, 2.24) is 10.2 Å². The average Bonchev–Trinajstić information content (AvgIpc) is 2.83. The van der Waals surface area contributed by atoms with E-state index in [0.29, 0.717) is 17.4 Å². The van der Waals surface area contributed by atoms with E-state index < -0.39 is 35.6 Å². The van der Waals surface area contributed by atoms with Gasteiger partial charge in [0.1, 0.15) is 30.0 Å². The molecule has 1 aromatic carbocycles. The molecule has 27 heavy (non-hydrogen) atoms. The topological polar surface area (TPSA) is 126 Å². The summed E-state index contributed by atoms with van der Waals surface area (Å²) in [6.07, 6.45) is 0.391. The summed E-state index contributed by atoms with van der Waals surface area (Å²) in [5, 5.41) is 12.5. The highest BCUT2D eigenvalue weighted by atomic mass is 16.5. The molecule has 0 unspecified atom stereocenters. The van der Waals surface area contributed by atoms with Gasteiger partial charge in [0.2, 0.25) is 0 Å². The molecule has 142 valence electrons. The lowest BCUT2D eigenvalue weighted by Crippen LogP contribution is -2.43. The summed E-state index contributed by atoms with van der Waals surface area (Å²) < 4.78 is 10.1. The third kappa shape index (κ3) is 3.48. The number of phenolic OH excluding ortho intramolecular Hbond substituents is 1. The van der Waals surface area contributed by atoms with Gasteiger partial charge in [-0.15, -0.1) is 0 Å². The van der Waals surface area contributed by atoms with Crippen LogP contribution in [0.4, 0.5) is 4.79 Å². The fraction of sp³-hybridized carbons (Fsp3) is 0.333. The molecule has 1 aliphatic rings. The summed E-state index contributed by atoms with van der Waals surface area (Å²) in [4.78, 5) is 48.8. The largest absolute Gasteiger partial charge is 0.508 e. The van der Waals surface area contributed by atoms with Gasteiger partial charge in [0.25, 0.3) is 5.91 Å². The van der Waals surface area contributed by atoms with Crippen LogP contribution in [0, 0.1) is 0 Å². The number of benzene rings is 1. The molecule has 1 aromatic heterocycles. The summed E-state index contributed by atoms with van der Waals surface area (Å²) in [5.74, 6) is -1.36. The molecule has 2 heterocycles. The molecular formula is C18H18N2O7. The number of hydrogen-bond donors (Lipinski definition) is 2. The van der Waals surface area contributed by atoms with Gasteiger partial charge >= 0.3 is 17.6 Å². The van der Waals surface area contributed by atoms with Gasteiger partial charge in [0, 0.05) is 23.1 Å². The highest BCUT2D eigenvalue weighted by Gasteiger charge is 2.47. The van der Waals surface area contributed by atoms with Crippen molar-refractivity contribution in [3.8, 4) is 5.75 Å². The first-order chi connectivity index (χ1) is 12.7. The normalized spacial score (nSPS) is 19.4. The zero-order chi connectivity index (χ0) is 19.8. The van der Waals surface area contributed by atoms with Crippen LogP contribution in [-0.2, 0) is 20.9 Å². The molecule has 1 aliphatic heterocycles. The van der Waals surface area contributed by atoms with Crippen LogP contribution in [0.2, 0.25) is 0 Å². The van der Waals surface area contributed by atoms with E-state index in [1.807, 2.05) is 0 Å². The van der Waals surface area contributed by atoms with E-state index in [1.165, 1.54) is 24.3 Å². The van der Waals surface area contributed by atoms with Crippen molar-refractivity contribution < 1.29 is 28.6 Å². The van der Waals surface area contributed by atoms with Crippen molar-refractivity contribution in [3.05, 3.63) is 40.2 Å². The molecule has 0 saturated carbocycles. The van der Waals surface area contributed by atoms with Gasteiger partial charge in [-0.3, -0.25) is 14.5 Å². The van der Waals surface area contributed by atoms with E-state index in [9.17, 15) is 24.3 Å². The van der Waals surface area contributed by atoms with Crippen molar-refractivity contribution in [2.24, 2.45) is 0 Å². The first-order valence-corrected chi connectivity index (χ1v) is 8.29. The minimum absolute atomic E-state index is 0.0719. The quantitative estimate of drug-likeness (QED) is 0.458. The number of imide groups is 1. The molecule has 1 fully saturated rings. The zero-order valence-electron chi connectivity index (χ0n) is 14.8. The lowest BCUT2D eigenvalue weighted by molar-refractivity contribution is -0.148. The summed E-state index contributed by atoms with van der Waals surface area (Å²) in [5.41, 5.74) is -1.16. The van der Waals surface area contributed by atoms with E-state index in [0.717, 1.165) is 4.90 Å². The number of hydrogen-bond acceptors (Lipinski definition) is 7. The minimum atomic E-state index is -1.03. The number of esters is 1. The highest BCUT2D eigenvalue weighted by Crippen LogP contribution is 2.23. The molecule has 0 aliphatic carbocycles. The van der Waals surface area contributed by atoms with Gasteiger partial charge in [0.15, 0.2) is 0 Å². The molecule has 9 heteroatoms. The number of carbonyl (C=O) groups is 3. The Morgan fingerprint density at radius 2 is 2.04 bits per heavy atom. The van der Waals surface area contributed by atoms with Gasteiger partial charge in [-0.25, -0.2) is 9.59 Å². The molecule has 0 spiro atoms. The first-order valence-electron chi connectivity index (χ1n) is 8.29. The summed E-state index contributed by atoms with van der Waals surface area (Å²) >= 11 is 0. The van der Waals surface area contributed by atoms with Crippen molar-refractivity contribution in [2.75, 3.05) is 6.54 Å². The Hall–Kier alpha value is -3.36. The standard InChI is InChI=1S/C18H18N2O7/c1-3-18(2)16(24)20(17(25)19-18)8-15(23)26-9-10-6-14(22)27-13-7-11(21)4-5-12(10)13/h4-7,21H,3,8-9H2,1-2H3,(H,19,25)/t18-/m1/s1. The van der Waals surface area contributed by atoms with E-state index in [4.69, 9.17) is 9.15 Å². The van der Waals surface area contributed by atoms with E-state index in [2.05, 4.69) is 5.32 Å². The number of aromatic hydroxyl groups is 1. The molecule has 3 rings (SSSR count). The Morgan fingerprint density at radius 3 is 2.70 bits per heavy atom. The van der Waals surface area contributed by atoms with Crippen LogP contribution in [0.25, 0.3) is 11.0 Å². The number of nitrogens with zero attached hydrogens (tertiary/aromatic N) is 1. The van der Waals surface area contributed by atoms with Gasteiger partial charge in [-0.1, -0.05) is 6.92 Å². The van der Waals surface area contributed by atoms with Crippen LogP contribution in [0.1, 0.15) is 25.8 Å². The van der Waals surface area contributed by atoms with Crippen LogP contribution in [-0.4, -0.2) is 40.0 Å². The Kier molecular flexibility index (Phi) is 4.61. The second kappa shape index (κ2) is 6.75. The number of fused-ring (bicyclic) bond motifs is 1. The van der Waals surface area contributed by atoms with Crippen molar-refractivity contribution >= 4 is 28.9 Å². The van der Waals surface area contributed by atoms with Crippen LogP contribution in [0.15, 0.2) is 33.5 Å². The molecule has 2 N–H and O–H groups in total.